The topological polar surface area (TPSA) is 24.9 Å². The van der Waals surface area contributed by atoms with Crippen LogP contribution in [0.15, 0.2) is 24.3 Å². The van der Waals surface area contributed by atoms with Crippen LogP contribution in [0.5, 0.6) is 0 Å². The van der Waals surface area contributed by atoms with Gasteiger partial charge in [-0.15, -0.1) is 11.3 Å². The number of nitrogens with zero attached hydrogens (tertiary/aromatic N) is 1. The summed E-state index contributed by atoms with van der Waals surface area (Å²) in [7, 11) is 0. The smallest absolute Gasteiger partial charge is 0.123 e. The van der Waals surface area contributed by atoms with Crippen LogP contribution in [-0.4, -0.2) is 11.0 Å². The molecule has 1 unspecified atom stereocenters. The van der Waals surface area contributed by atoms with Crippen molar-refractivity contribution < 1.29 is 4.39 Å². The van der Waals surface area contributed by atoms with Gasteiger partial charge in [-0.05, 0) is 50.8 Å². The molecule has 4 heteroatoms. The lowest BCUT2D eigenvalue weighted by Crippen LogP contribution is -2.29. The van der Waals surface area contributed by atoms with E-state index < -0.39 is 0 Å². The third-order valence-corrected chi connectivity index (χ3v) is 4.76. The number of nitrogens with one attached hydrogen (secondary N) is 1. The molecule has 2 nitrogen and oxygen atoms in total. The molecule has 0 aliphatic heterocycles. The monoisotopic (exact) mass is 290 g/mol. The van der Waals surface area contributed by atoms with E-state index in [-0.39, 0.29) is 11.9 Å². The van der Waals surface area contributed by atoms with Gasteiger partial charge in [0.15, 0.2) is 0 Å². The Labute approximate surface area is 123 Å². The maximum atomic E-state index is 13.5. The van der Waals surface area contributed by atoms with Crippen molar-refractivity contribution >= 4 is 11.3 Å². The summed E-state index contributed by atoms with van der Waals surface area (Å²) in [5, 5.41) is 4.57. The standard InChI is InChI=1S/C16H19FN2S/c1-10(2)18-15(11-5-3-6-12(17)9-11)16-19-13-7-4-8-14(13)20-16/h3,5-6,9-10,15,18H,4,7-8H2,1-2H3. The van der Waals surface area contributed by atoms with Gasteiger partial charge in [0.05, 0.1) is 11.7 Å². The fraction of sp³-hybridized carbons (Fsp3) is 0.438. The van der Waals surface area contributed by atoms with Gasteiger partial charge in [0.25, 0.3) is 0 Å². The summed E-state index contributed by atoms with van der Waals surface area (Å²) in [4.78, 5) is 6.19. The first kappa shape index (κ1) is 13.7. The van der Waals surface area contributed by atoms with Crippen LogP contribution in [-0.2, 0) is 12.8 Å². The molecule has 2 aromatic rings. The molecule has 1 aliphatic rings. The third kappa shape index (κ3) is 2.76. The van der Waals surface area contributed by atoms with E-state index in [2.05, 4.69) is 19.2 Å². The Morgan fingerprint density at radius 2 is 2.15 bits per heavy atom. The molecule has 1 aromatic heterocycles. The van der Waals surface area contributed by atoms with Crippen LogP contribution >= 0.6 is 11.3 Å². The number of thiazole rings is 1. The molecule has 0 saturated heterocycles. The molecule has 20 heavy (non-hydrogen) atoms. The number of aryl methyl sites for hydroxylation is 2. The number of fused-ring (bicyclic) bond motifs is 1. The van der Waals surface area contributed by atoms with E-state index in [0.29, 0.717) is 6.04 Å². The first-order chi connectivity index (χ1) is 9.63. The molecular weight excluding hydrogens is 271 g/mol. The number of hydrogen-bond donors (Lipinski definition) is 1. The fourth-order valence-corrected chi connectivity index (χ4v) is 3.91. The lowest BCUT2D eigenvalue weighted by Gasteiger charge is -2.20. The van der Waals surface area contributed by atoms with Crippen LogP contribution in [0, 0.1) is 5.82 Å². The van der Waals surface area contributed by atoms with Gasteiger partial charge >= 0.3 is 0 Å². The highest BCUT2D eigenvalue weighted by Gasteiger charge is 2.23. The summed E-state index contributed by atoms with van der Waals surface area (Å²) in [6, 6.07) is 7.13. The minimum Gasteiger partial charge on any atom is -0.302 e. The molecule has 1 aliphatic carbocycles. The highest BCUT2D eigenvalue weighted by Crippen LogP contribution is 2.33. The molecule has 1 aromatic carbocycles. The number of halogens is 1. The third-order valence-electron chi connectivity index (χ3n) is 3.54. The summed E-state index contributed by atoms with van der Waals surface area (Å²) in [6.07, 6.45) is 3.45. The summed E-state index contributed by atoms with van der Waals surface area (Å²) in [5.74, 6) is -0.192. The van der Waals surface area contributed by atoms with Crippen LogP contribution in [0.4, 0.5) is 4.39 Å². The Bertz CT molecular complexity index is 585. The van der Waals surface area contributed by atoms with Gasteiger partial charge in [0.2, 0.25) is 0 Å². The first-order valence-electron chi connectivity index (χ1n) is 7.13. The lowest BCUT2D eigenvalue weighted by molar-refractivity contribution is 0.522. The largest absolute Gasteiger partial charge is 0.302 e. The molecule has 0 spiro atoms. The SMILES string of the molecule is CC(C)NC(c1cccc(F)c1)c1nc2c(s1)CCC2. The van der Waals surface area contributed by atoms with Crippen molar-refractivity contribution in [2.45, 2.75) is 45.2 Å². The highest BCUT2D eigenvalue weighted by atomic mass is 32.1. The Kier molecular flexibility index (Phi) is 3.85. The first-order valence-corrected chi connectivity index (χ1v) is 7.95. The average molecular weight is 290 g/mol. The molecule has 1 atom stereocenters. The second-order valence-electron chi connectivity index (χ2n) is 5.58. The van der Waals surface area contributed by atoms with Crippen LogP contribution in [0.1, 0.15) is 47.5 Å². The second kappa shape index (κ2) is 5.62. The minimum absolute atomic E-state index is 0.0127. The van der Waals surface area contributed by atoms with E-state index >= 15 is 0 Å². The molecule has 1 N–H and O–H groups in total. The Morgan fingerprint density at radius 3 is 2.85 bits per heavy atom. The normalized spacial score (nSPS) is 15.6. The van der Waals surface area contributed by atoms with Crippen LogP contribution < -0.4 is 5.32 Å². The molecule has 1 heterocycles. The Balaban J connectivity index is 1.96. The zero-order valence-corrected chi connectivity index (χ0v) is 12.6. The van der Waals surface area contributed by atoms with E-state index in [1.807, 2.05) is 6.07 Å². The number of benzene rings is 1. The maximum absolute atomic E-state index is 13.5. The lowest BCUT2D eigenvalue weighted by atomic mass is 10.1. The molecule has 106 valence electrons. The molecule has 0 bridgehead atoms. The van der Waals surface area contributed by atoms with Crippen LogP contribution in [0.2, 0.25) is 0 Å². The van der Waals surface area contributed by atoms with Gasteiger partial charge in [0.1, 0.15) is 10.8 Å². The highest BCUT2D eigenvalue weighted by molar-refractivity contribution is 7.11. The fourth-order valence-electron chi connectivity index (χ4n) is 2.66. The number of hydrogen-bond acceptors (Lipinski definition) is 3. The summed E-state index contributed by atoms with van der Waals surface area (Å²) in [5.41, 5.74) is 2.20. The van der Waals surface area contributed by atoms with Gasteiger partial charge in [-0.2, -0.15) is 0 Å². The molecule has 0 fully saturated rings. The zero-order chi connectivity index (χ0) is 14.1. The molecule has 3 rings (SSSR count). The van der Waals surface area contributed by atoms with Gasteiger partial charge in [-0.3, -0.25) is 0 Å². The van der Waals surface area contributed by atoms with E-state index in [9.17, 15) is 4.39 Å². The molecule has 0 amide bonds. The molecule has 0 radical (unpaired) electrons. The molecule has 0 saturated carbocycles. The predicted molar refractivity (Wildman–Crippen MR) is 80.7 cm³/mol. The van der Waals surface area contributed by atoms with Crippen molar-refractivity contribution in [3.63, 3.8) is 0 Å². The van der Waals surface area contributed by atoms with E-state index in [0.717, 1.165) is 23.4 Å². The van der Waals surface area contributed by atoms with Crippen LogP contribution in [0.3, 0.4) is 0 Å². The van der Waals surface area contributed by atoms with Crippen molar-refractivity contribution in [1.29, 1.82) is 0 Å². The van der Waals surface area contributed by atoms with Gasteiger partial charge in [-0.1, -0.05) is 12.1 Å². The van der Waals surface area contributed by atoms with E-state index in [1.54, 1.807) is 23.5 Å². The maximum Gasteiger partial charge on any atom is 0.123 e. The average Bonchev–Trinajstić information content (AvgIpc) is 2.96. The van der Waals surface area contributed by atoms with E-state index in [1.165, 1.54) is 23.1 Å². The number of rotatable bonds is 4. The summed E-state index contributed by atoms with van der Waals surface area (Å²) >= 11 is 1.78. The van der Waals surface area contributed by atoms with Gasteiger partial charge < -0.3 is 5.32 Å². The Morgan fingerprint density at radius 1 is 1.30 bits per heavy atom. The van der Waals surface area contributed by atoms with Crippen molar-refractivity contribution in [2.75, 3.05) is 0 Å². The zero-order valence-electron chi connectivity index (χ0n) is 11.8. The van der Waals surface area contributed by atoms with Crippen molar-refractivity contribution in [1.82, 2.24) is 10.3 Å². The van der Waals surface area contributed by atoms with Crippen molar-refractivity contribution in [3.8, 4) is 0 Å². The second-order valence-corrected chi connectivity index (χ2v) is 6.70. The van der Waals surface area contributed by atoms with Crippen LogP contribution in [0.25, 0.3) is 0 Å². The van der Waals surface area contributed by atoms with Gasteiger partial charge in [-0.25, -0.2) is 9.37 Å². The number of aromatic nitrogens is 1. The summed E-state index contributed by atoms with van der Waals surface area (Å²) < 4.78 is 13.5. The van der Waals surface area contributed by atoms with Gasteiger partial charge in [0, 0.05) is 10.9 Å². The van der Waals surface area contributed by atoms with Crippen molar-refractivity contribution in [3.05, 3.63) is 51.2 Å². The van der Waals surface area contributed by atoms with E-state index in [4.69, 9.17) is 4.98 Å². The van der Waals surface area contributed by atoms with Crippen molar-refractivity contribution in [2.24, 2.45) is 0 Å². The summed E-state index contributed by atoms with van der Waals surface area (Å²) in [6.45, 7) is 4.21. The molecular formula is C16H19FN2S. The Hall–Kier alpha value is -1.26. The predicted octanol–water partition coefficient (Wildman–Crippen LogP) is 3.86. The minimum atomic E-state index is -0.192. The quantitative estimate of drug-likeness (QED) is 0.925.